The van der Waals surface area contributed by atoms with E-state index in [0.29, 0.717) is 0 Å². The summed E-state index contributed by atoms with van der Waals surface area (Å²) in [5, 5.41) is 0. The normalized spacial score (nSPS) is 9.83. The monoisotopic (exact) mass is 334 g/mol. The van der Waals surface area contributed by atoms with E-state index in [0.717, 1.165) is 0 Å². The molecule has 0 spiro atoms. The molecule has 0 saturated heterocycles. The zero-order chi connectivity index (χ0) is 4.50. The molecule has 6 heavy (non-hydrogen) atoms. The van der Waals surface area contributed by atoms with Gasteiger partial charge in [-0.1, -0.05) is 0 Å². The largest absolute Gasteiger partial charge is 3.00 e. The third-order valence-electron chi connectivity index (χ3n) is 0. The minimum Gasteiger partial charge on any atom is 3.00 e. The fraction of sp³-hybridized carbons (Fsp3) is 0. The van der Waals surface area contributed by atoms with Crippen LogP contribution in [0.2, 0.25) is 0 Å². The van der Waals surface area contributed by atoms with E-state index in [4.69, 9.17) is 16.0 Å². The first-order valence-corrected chi connectivity index (χ1v) is 3.79. The van der Waals surface area contributed by atoms with Gasteiger partial charge in [-0.15, -0.1) is 0 Å². The maximum atomic E-state index is 8.61. The average Bonchev–Trinajstić information content (AvgIpc) is 0.722. The molecule has 6 heteroatoms. The number of hydrogen-bond acceptors (Lipinski definition) is 4. The summed E-state index contributed by atoms with van der Waals surface area (Å²) in [6.45, 7) is 0. The van der Waals surface area contributed by atoms with Gasteiger partial charge in [0.25, 0.3) is 0 Å². The van der Waals surface area contributed by atoms with Gasteiger partial charge in [0.2, 0.25) is 0 Å². The van der Waals surface area contributed by atoms with Gasteiger partial charge in [-0.3, -0.25) is 0 Å². The molecule has 0 aromatic rings. The van der Waals surface area contributed by atoms with Crippen LogP contribution in [-0.2, 0) is 24.8 Å². The Kier molecular flexibility index (Phi) is 5.01. The van der Waals surface area contributed by atoms with E-state index in [-0.39, 0.29) is 21.1 Å². The van der Waals surface area contributed by atoms with Crippen molar-refractivity contribution in [1.82, 2.24) is 0 Å². The molecule has 0 aliphatic heterocycles. The second-order valence-electron chi connectivity index (χ2n) is 0.447. The van der Waals surface area contributed by atoms with E-state index < -0.39 is 14.5 Å². The maximum Gasteiger partial charge on any atom is 3.00 e. The van der Waals surface area contributed by atoms with Crippen LogP contribution in [0.25, 0.3) is 0 Å². The molecule has 0 fully saturated rings. The first kappa shape index (κ1) is 10.0. The first-order chi connectivity index (χ1) is 2.00. The Morgan fingerprint density at radius 1 is 1.17 bits per heavy atom. The van der Waals surface area contributed by atoms with Gasteiger partial charge >= 0.3 is 51.6 Å². The van der Waals surface area contributed by atoms with Crippen molar-refractivity contribution in [3.05, 3.63) is 0 Å². The van der Waals surface area contributed by atoms with E-state index in [2.05, 4.69) is 0 Å². The fourth-order valence-corrected chi connectivity index (χ4v) is 0. The molecule has 0 unspecified atom stereocenters. The Hall–Kier alpha value is 0.927. The smallest absolute Gasteiger partial charge is 3.00 e. The minimum absolute atomic E-state index is 0. The molecule has 0 atom stereocenters. The van der Waals surface area contributed by atoms with Crippen molar-refractivity contribution in [3.8, 4) is 0 Å². The topological polar surface area (TPSA) is 86.2 Å². The van der Waals surface area contributed by atoms with Gasteiger partial charge in [-0.05, 0) is 0 Å². The molecular weight excluding hydrogens is 334 g/mol. The van der Waals surface area contributed by atoms with Crippen LogP contribution in [0.1, 0.15) is 0 Å². The molecule has 39 valence electrons. The third-order valence-corrected chi connectivity index (χ3v) is 0. The average molecular weight is 334 g/mol. The van der Waals surface area contributed by atoms with E-state index in [1.54, 1.807) is 0 Å². The maximum absolute atomic E-state index is 8.61. The summed E-state index contributed by atoms with van der Waals surface area (Å²) in [7, 11) is 0. The quantitative estimate of drug-likeness (QED) is 0.422. The van der Waals surface area contributed by atoms with Crippen LogP contribution < -0.4 is 12.3 Å². The molecule has 0 amide bonds. The van der Waals surface area contributed by atoms with Gasteiger partial charge in [-0.25, -0.2) is 0 Å². The first-order valence-electron chi connectivity index (χ1n) is 0.730. The van der Waals surface area contributed by atoms with E-state index in [9.17, 15) is 0 Å². The van der Waals surface area contributed by atoms with Crippen molar-refractivity contribution in [2.75, 3.05) is 0 Å². The van der Waals surface area contributed by atoms with Gasteiger partial charge in [0.15, 0.2) is 0 Å². The summed E-state index contributed by atoms with van der Waals surface area (Å²) in [5.41, 5.74) is 0. The van der Waals surface area contributed by atoms with Crippen molar-refractivity contribution in [3.63, 3.8) is 0 Å². The van der Waals surface area contributed by atoms with Crippen molar-refractivity contribution in [2.45, 2.75) is 0 Å². The Morgan fingerprint density at radius 2 is 1.17 bits per heavy atom. The molecule has 0 saturated carbocycles. The zero-order valence-corrected chi connectivity index (χ0v) is 6.55. The molecule has 0 aliphatic carbocycles. The molecular formula is AsO4Pt. The Balaban J connectivity index is 0. The van der Waals surface area contributed by atoms with Crippen molar-refractivity contribution in [1.29, 1.82) is 0 Å². The summed E-state index contributed by atoms with van der Waals surface area (Å²) in [5.74, 6) is 0. The van der Waals surface area contributed by atoms with E-state index in [1.165, 1.54) is 0 Å². The third kappa shape index (κ3) is 88.5. The minimum atomic E-state index is -5.88. The van der Waals surface area contributed by atoms with Gasteiger partial charge in [0.1, 0.15) is 0 Å². The molecule has 0 aromatic carbocycles. The van der Waals surface area contributed by atoms with E-state index >= 15 is 0 Å². The van der Waals surface area contributed by atoms with Crippen LogP contribution in [0.15, 0.2) is 0 Å². The van der Waals surface area contributed by atoms with Crippen LogP contribution in [0.3, 0.4) is 0 Å². The summed E-state index contributed by atoms with van der Waals surface area (Å²) >= 11 is -5.88. The standard InChI is InChI=1S/AsH3O4.Pt/c2-1(3,4)5;/h(H3,2,3,4,5);/q;+3/p-3. The Morgan fingerprint density at radius 3 is 1.17 bits per heavy atom. The van der Waals surface area contributed by atoms with Crippen molar-refractivity contribution < 1.29 is 37.1 Å². The van der Waals surface area contributed by atoms with Crippen LogP contribution in [0.4, 0.5) is 0 Å². The Labute approximate surface area is 51.8 Å². The van der Waals surface area contributed by atoms with Gasteiger partial charge < -0.3 is 0 Å². The molecule has 0 bridgehead atoms. The summed E-state index contributed by atoms with van der Waals surface area (Å²) in [4.78, 5) is 0. The van der Waals surface area contributed by atoms with Crippen molar-refractivity contribution >= 4 is 14.5 Å². The zero-order valence-electron chi connectivity index (χ0n) is 2.40. The van der Waals surface area contributed by atoms with Crippen molar-refractivity contribution in [2.24, 2.45) is 0 Å². The van der Waals surface area contributed by atoms with Crippen LogP contribution in [0, 0.1) is 0 Å². The molecule has 0 aromatic heterocycles. The van der Waals surface area contributed by atoms with E-state index in [1.807, 2.05) is 0 Å². The SMILES string of the molecule is O=[As]([O-])([O-])[O-].[Pt+3]. The second-order valence-corrected chi connectivity index (χ2v) is 2.32. The summed E-state index contributed by atoms with van der Waals surface area (Å²) in [6, 6.07) is 0. The predicted octanol–water partition coefficient (Wildman–Crippen LogP) is -4.07. The summed E-state index contributed by atoms with van der Waals surface area (Å²) in [6.07, 6.45) is 0. The molecule has 0 N–H and O–H groups in total. The molecule has 1 radical (unpaired) electrons. The van der Waals surface area contributed by atoms with Crippen LogP contribution >= 0.6 is 0 Å². The number of rotatable bonds is 0. The molecule has 0 aliphatic rings. The molecule has 4 nitrogen and oxygen atoms in total. The summed E-state index contributed by atoms with van der Waals surface area (Å²) < 4.78 is 34.4. The van der Waals surface area contributed by atoms with Gasteiger partial charge in [0, 0.05) is 0 Å². The predicted molar refractivity (Wildman–Crippen MR) is 6.44 cm³/mol. The van der Waals surface area contributed by atoms with Gasteiger partial charge in [0.05, 0.1) is 0 Å². The fourth-order valence-electron chi connectivity index (χ4n) is 0. The van der Waals surface area contributed by atoms with Crippen LogP contribution in [-0.4, -0.2) is 14.5 Å². The molecule has 0 rings (SSSR count). The Bertz CT molecular complexity index is 53.7. The second kappa shape index (κ2) is 3.00. The molecule has 0 heterocycles. The number of hydrogen-bond donors (Lipinski definition) is 0. The van der Waals surface area contributed by atoms with Gasteiger partial charge in [-0.2, -0.15) is 0 Å². The van der Waals surface area contributed by atoms with Crippen LogP contribution in [0.5, 0.6) is 0 Å².